The average molecular weight is 142 g/mol. The highest BCUT2D eigenvalue weighted by Crippen LogP contribution is 2.09. The monoisotopic (exact) mass is 142 g/mol. The Morgan fingerprint density at radius 1 is 1.50 bits per heavy atom. The Labute approximate surface area is 63.8 Å². The SMILES string of the molecule is C/C=C(\O)CCCC(C)C. The van der Waals surface area contributed by atoms with Gasteiger partial charge in [0.25, 0.3) is 0 Å². The molecule has 0 unspecified atom stereocenters. The second-order valence-electron chi connectivity index (χ2n) is 3.07. The maximum absolute atomic E-state index is 9.03. The molecule has 0 heterocycles. The van der Waals surface area contributed by atoms with E-state index in [4.69, 9.17) is 5.11 Å². The molecule has 0 aliphatic carbocycles. The Kier molecular flexibility index (Phi) is 5.09. The van der Waals surface area contributed by atoms with Crippen LogP contribution in [0, 0.1) is 5.92 Å². The summed E-state index contributed by atoms with van der Waals surface area (Å²) in [4.78, 5) is 0. The van der Waals surface area contributed by atoms with E-state index in [1.165, 1.54) is 6.42 Å². The average Bonchev–Trinajstić information content (AvgIpc) is 1.87. The van der Waals surface area contributed by atoms with Crippen molar-refractivity contribution >= 4 is 0 Å². The Bertz CT molecular complexity index is 103. The van der Waals surface area contributed by atoms with Crippen LogP contribution < -0.4 is 0 Å². The molecule has 0 saturated heterocycles. The van der Waals surface area contributed by atoms with E-state index in [-0.39, 0.29) is 0 Å². The summed E-state index contributed by atoms with van der Waals surface area (Å²) in [5.41, 5.74) is 0. The molecule has 0 aromatic heterocycles. The van der Waals surface area contributed by atoms with Crippen LogP contribution >= 0.6 is 0 Å². The fourth-order valence-electron chi connectivity index (χ4n) is 0.836. The Morgan fingerprint density at radius 3 is 2.50 bits per heavy atom. The molecule has 0 rings (SSSR count). The first-order chi connectivity index (χ1) is 4.66. The lowest BCUT2D eigenvalue weighted by Gasteiger charge is -2.02. The minimum Gasteiger partial charge on any atom is -0.513 e. The molecule has 0 fully saturated rings. The van der Waals surface area contributed by atoms with Crippen molar-refractivity contribution in [2.75, 3.05) is 0 Å². The predicted octanol–water partition coefficient (Wildman–Crippen LogP) is 3.27. The van der Waals surface area contributed by atoms with Gasteiger partial charge in [-0.2, -0.15) is 0 Å². The van der Waals surface area contributed by atoms with E-state index in [2.05, 4.69) is 13.8 Å². The van der Waals surface area contributed by atoms with Gasteiger partial charge in [-0.25, -0.2) is 0 Å². The lowest BCUT2D eigenvalue weighted by molar-refractivity contribution is 0.375. The van der Waals surface area contributed by atoms with Crippen LogP contribution in [0.2, 0.25) is 0 Å². The minimum atomic E-state index is 0.528. The standard InChI is InChI=1S/C9H18O/c1-4-9(10)7-5-6-8(2)3/h4,8,10H,5-7H2,1-3H3/b9-4-. The number of hydrogen-bond donors (Lipinski definition) is 1. The summed E-state index contributed by atoms with van der Waals surface area (Å²) >= 11 is 0. The molecular weight excluding hydrogens is 124 g/mol. The van der Waals surface area contributed by atoms with Crippen molar-refractivity contribution in [3.8, 4) is 0 Å². The molecule has 1 heteroatoms. The summed E-state index contributed by atoms with van der Waals surface area (Å²) in [6.07, 6.45) is 4.92. The van der Waals surface area contributed by atoms with Crippen molar-refractivity contribution in [2.45, 2.75) is 40.0 Å². The van der Waals surface area contributed by atoms with E-state index in [1.54, 1.807) is 6.08 Å². The molecule has 60 valence electrons. The Hall–Kier alpha value is -0.460. The van der Waals surface area contributed by atoms with E-state index >= 15 is 0 Å². The van der Waals surface area contributed by atoms with E-state index in [9.17, 15) is 0 Å². The van der Waals surface area contributed by atoms with Gasteiger partial charge < -0.3 is 5.11 Å². The lowest BCUT2D eigenvalue weighted by Crippen LogP contribution is -1.88. The molecule has 0 aliphatic rings. The number of aliphatic hydroxyl groups is 1. The van der Waals surface area contributed by atoms with Crippen molar-refractivity contribution in [2.24, 2.45) is 5.92 Å². The molecule has 1 nitrogen and oxygen atoms in total. The third kappa shape index (κ3) is 5.67. The molecule has 0 spiro atoms. The van der Waals surface area contributed by atoms with Crippen LogP contribution in [0.5, 0.6) is 0 Å². The fraction of sp³-hybridized carbons (Fsp3) is 0.778. The van der Waals surface area contributed by atoms with E-state index < -0.39 is 0 Å². The van der Waals surface area contributed by atoms with Gasteiger partial charge in [0.1, 0.15) is 0 Å². The Morgan fingerprint density at radius 2 is 2.10 bits per heavy atom. The van der Waals surface area contributed by atoms with Gasteiger partial charge >= 0.3 is 0 Å². The smallest absolute Gasteiger partial charge is 0.0880 e. The summed E-state index contributed by atoms with van der Waals surface area (Å²) in [5, 5.41) is 9.03. The molecule has 0 radical (unpaired) electrons. The van der Waals surface area contributed by atoms with Crippen molar-refractivity contribution in [3.63, 3.8) is 0 Å². The summed E-state index contributed by atoms with van der Waals surface area (Å²) in [6.45, 7) is 6.27. The molecule has 0 amide bonds. The van der Waals surface area contributed by atoms with Gasteiger partial charge in [0.15, 0.2) is 0 Å². The van der Waals surface area contributed by atoms with Crippen LogP contribution in [-0.2, 0) is 0 Å². The number of rotatable bonds is 4. The van der Waals surface area contributed by atoms with Gasteiger partial charge in [0.05, 0.1) is 5.76 Å². The molecule has 1 N–H and O–H groups in total. The first kappa shape index (κ1) is 9.54. The quantitative estimate of drug-likeness (QED) is 0.597. The van der Waals surface area contributed by atoms with Crippen LogP contribution in [0.25, 0.3) is 0 Å². The lowest BCUT2D eigenvalue weighted by atomic mass is 10.1. The second-order valence-corrected chi connectivity index (χ2v) is 3.07. The third-order valence-corrected chi connectivity index (χ3v) is 1.55. The largest absolute Gasteiger partial charge is 0.513 e. The predicted molar refractivity (Wildman–Crippen MR) is 45.1 cm³/mol. The number of hydrogen-bond acceptors (Lipinski definition) is 1. The molecular formula is C9H18O. The molecule has 0 aromatic rings. The van der Waals surface area contributed by atoms with Crippen molar-refractivity contribution < 1.29 is 5.11 Å². The van der Waals surface area contributed by atoms with Crippen LogP contribution in [0.1, 0.15) is 40.0 Å². The maximum atomic E-state index is 9.03. The summed E-state index contributed by atoms with van der Waals surface area (Å²) in [6, 6.07) is 0. The third-order valence-electron chi connectivity index (χ3n) is 1.55. The summed E-state index contributed by atoms with van der Waals surface area (Å²) in [7, 11) is 0. The fourth-order valence-corrected chi connectivity index (χ4v) is 0.836. The van der Waals surface area contributed by atoms with Gasteiger partial charge in [-0.3, -0.25) is 0 Å². The van der Waals surface area contributed by atoms with Crippen molar-refractivity contribution in [1.29, 1.82) is 0 Å². The van der Waals surface area contributed by atoms with Gasteiger partial charge in [-0.1, -0.05) is 20.3 Å². The van der Waals surface area contributed by atoms with Crippen LogP contribution in [0.15, 0.2) is 11.8 Å². The van der Waals surface area contributed by atoms with E-state index in [0.29, 0.717) is 5.76 Å². The molecule has 0 aliphatic heterocycles. The minimum absolute atomic E-state index is 0.528. The van der Waals surface area contributed by atoms with E-state index in [1.807, 2.05) is 6.92 Å². The first-order valence-corrected chi connectivity index (χ1v) is 4.01. The van der Waals surface area contributed by atoms with Gasteiger partial charge in [-0.05, 0) is 25.3 Å². The van der Waals surface area contributed by atoms with Crippen LogP contribution in [0.4, 0.5) is 0 Å². The highest BCUT2D eigenvalue weighted by Gasteiger charge is 1.95. The summed E-state index contributed by atoms with van der Waals surface area (Å²) < 4.78 is 0. The van der Waals surface area contributed by atoms with E-state index in [0.717, 1.165) is 18.8 Å². The zero-order valence-corrected chi connectivity index (χ0v) is 7.22. The number of aliphatic hydroxyl groups excluding tert-OH is 1. The first-order valence-electron chi connectivity index (χ1n) is 4.01. The number of allylic oxidation sites excluding steroid dienone is 2. The maximum Gasteiger partial charge on any atom is 0.0880 e. The van der Waals surface area contributed by atoms with Crippen LogP contribution in [0.3, 0.4) is 0 Å². The van der Waals surface area contributed by atoms with Crippen LogP contribution in [-0.4, -0.2) is 5.11 Å². The second kappa shape index (κ2) is 5.33. The molecule has 10 heavy (non-hydrogen) atoms. The topological polar surface area (TPSA) is 20.2 Å². The van der Waals surface area contributed by atoms with Gasteiger partial charge in [0.2, 0.25) is 0 Å². The Balaban J connectivity index is 3.20. The molecule has 0 bridgehead atoms. The van der Waals surface area contributed by atoms with Gasteiger partial charge in [0, 0.05) is 6.42 Å². The molecule has 0 saturated carbocycles. The zero-order valence-electron chi connectivity index (χ0n) is 7.22. The molecule has 0 aromatic carbocycles. The highest BCUT2D eigenvalue weighted by molar-refractivity contribution is 4.86. The van der Waals surface area contributed by atoms with Gasteiger partial charge in [-0.15, -0.1) is 0 Å². The van der Waals surface area contributed by atoms with Crippen molar-refractivity contribution in [1.82, 2.24) is 0 Å². The van der Waals surface area contributed by atoms with Crippen molar-refractivity contribution in [3.05, 3.63) is 11.8 Å². The highest BCUT2D eigenvalue weighted by atomic mass is 16.3. The summed E-state index contributed by atoms with van der Waals surface area (Å²) in [5.74, 6) is 1.28. The molecule has 0 atom stereocenters. The normalized spacial score (nSPS) is 12.6. The zero-order chi connectivity index (χ0) is 7.98.